The van der Waals surface area contributed by atoms with E-state index < -0.39 is 0 Å². The molecule has 0 aliphatic heterocycles. The molecule has 0 saturated heterocycles. The van der Waals surface area contributed by atoms with Crippen LogP contribution in [0.3, 0.4) is 0 Å². The second-order valence-electron chi connectivity index (χ2n) is 5.06. The van der Waals surface area contributed by atoms with Crippen LogP contribution in [0.2, 0.25) is 0 Å². The molecule has 0 spiro atoms. The fourth-order valence-electron chi connectivity index (χ4n) is 2.13. The fraction of sp³-hybridized carbons (Fsp3) is 0.625. The monoisotopic (exact) mass is 263 g/mol. The number of allylic oxidation sites excluding steroid dienone is 3. The predicted molar refractivity (Wildman–Crippen MR) is 77.8 cm³/mol. The van der Waals surface area contributed by atoms with E-state index in [9.17, 15) is 9.59 Å². The van der Waals surface area contributed by atoms with Gasteiger partial charge in [-0.2, -0.15) is 0 Å². The third-order valence-corrected chi connectivity index (χ3v) is 3.30. The molecular weight excluding hydrogens is 238 g/mol. The van der Waals surface area contributed by atoms with Crippen LogP contribution in [0.5, 0.6) is 0 Å². The van der Waals surface area contributed by atoms with Crippen molar-refractivity contribution in [3.05, 3.63) is 23.9 Å². The number of nitrogens with one attached hydrogen (secondary N) is 1. The summed E-state index contributed by atoms with van der Waals surface area (Å²) < 4.78 is 0. The summed E-state index contributed by atoms with van der Waals surface area (Å²) in [6, 6.07) is 0. The molecule has 0 fully saturated rings. The summed E-state index contributed by atoms with van der Waals surface area (Å²) in [4.78, 5) is 22.6. The van der Waals surface area contributed by atoms with Gasteiger partial charge in [-0.05, 0) is 18.6 Å². The van der Waals surface area contributed by atoms with Gasteiger partial charge in [-0.1, -0.05) is 51.9 Å². The van der Waals surface area contributed by atoms with E-state index >= 15 is 0 Å². The Kier molecular flexibility index (Phi) is 7.87. The summed E-state index contributed by atoms with van der Waals surface area (Å²) in [5, 5.41) is 3.05. The van der Waals surface area contributed by atoms with Crippen LogP contribution in [-0.4, -0.2) is 18.1 Å². The topological polar surface area (TPSA) is 46.2 Å². The lowest BCUT2D eigenvalue weighted by molar-refractivity contribution is -0.114. The molecule has 0 amide bonds. The average molecular weight is 263 g/mol. The first-order valence-electron chi connectivity index (χ1n) is 7.46. The van der Waals surface area contributed by atoms with Crippen molar-refractivity contribution < 1.29 is 9.59 Å². The van der Waals surface area contributed by atoms with Crippen molar-refractivity contribution in [2.45, 2.75) is 58.3 Å². The average Bonchev–Trinajstić information content (AvgIpc) is 2.40. The molecule has 3 nitrogen and oxygen atoms in total. The van der Waals surface area contributed by atoms with Gasteiger partial charge in [-0.25, -0.2) is 0 Å². The SMILES string of the molecule is CCCCCCCCCCNC1=CC(=O)C=CC1=O. The summed E-state index contributed by atoms with van der Waals surface area (Å²) in [6.45, 7) is 3.00. The van der Waals surface area contributed by atoms with Crippen molar-refractivity contribution in [3.8, 4) is 0 Å². The van der Waals surface area contributed by atoms with Gasteiger partial charge in [0.1, 0.15) is 0 Å². The van der Waals surface area contributed by atoms with Crippen LogP contribution < -0.4 is 5.32 Å². The highest BCUT2D eigenvalue weighted by atomic mass is 16.1. The van der Waals surface area contributed by atoms with E-state index in [0.29, 0.717) is 5.70 Å². The molecule has 0 aromatic rings. The molecule has 106 valence electrons. The normalized spacial score (nSPS) is 14.7. The van der Waals surface area contributed by atoms with Crippen molar-refractivity contribution in [2.75, 3.05) is 6.54 Å². The molecule has 1 aliphatic carbocycles. The molecule has 0 unspecified atom stereocenters. The molecule has 0 heterocycles. The smallest absolute Gasteiger partial charge is 0.201 e. The number of hydrogen-bond acceptors (Lipinski definition) is 3. The van der Waals surface area contributed by atoms with Crippen molar-refractivity contribution >= 4 is 11.6 Å². The van der Waals surface area contributed by atoms with E-state index in [4.69, 9.17) is 0 Å². The van der Waals surface area contributed by atoms with Gasteiger partial charge in [-0.3, -0.25) is 9.59 Å². The molecule has 1 rings (SSSR count). The molecule has 0 radical (unpaired) electrons. The molecule has 0 atom stereocenters. The quantitative estimate of drug-likeness (QED) is 0.486. The zero-order valence-corrected chi connectivity index (χ0v) is 11.9. The second-order valence-corrected chi connectivity index (χ2v) is 5.06. The Labute approximate surface area is 116 Å². The minimum absolute atomic E-state index is 0.0980. The van der Waals surface area contributed by atoms with Crippen molar-refractivity contribution in [1.82, 2.24) is 5.32 Å². The predicted octanol–water partition coefficient (Wildman–Crippen LogP) is 3.31. The third kappa shape index (κ3) is 6.94. The van der Waals surface area contributed by atoms with E-state index in [1.165, 1.54) is 63.2 Å². The van der Waals surface area contributed by atoms with Gasteiger partial charge in [0.05, 0.1) is 5.70 Å². The molecule has 0 saturated carbocycles. The Hall–Kier alpha value is -1.38. The number of hydrogen-bond donors (Lipinski definition) is 1. The van der Waals surface area contributed by atoms with Gasteiger partial charge in [0, 0.05) is 12.6 Å². The van der Waals surface area contributed by atoms with E-state index in [0.717, 1.165) is 13.0 Å². The van der Waals surface area contributed by atoms with Crippen LogP contribution in [0.1, 0.15) is 58.3 Å². The van der Waals surface area contributed by atoms with Crippen molar-refractivity contribution in [3.63, 3.8) is 0 Å². The molecule has 19 heavy (non-hydrogen) atoms. The van der Waals surface area contributed by atoms with Gasteiger partial charge in [0.2, 0.25) is 5.78 Å². The standard InChI is InChI=1S/C16H25NO2/c1-2-3-4-5-6-7-8-9-12-17-15-13-14(18)10-11-16(15)19/h10-11,13,17H,2-9,12H2,1H3. The molecular formula is C16H25NO2. The highest BCUT2D eigenvalue weighted by Crippen LogP contribution is 2.08. The molecule has 0 bridgehead atoms. The summed E-state index contributed by atoms with van der Waals surface area (Å²) in [6.07, 6.45) is 14.2. The minimum atomic E-state index is -0.113. The van der Waals surface area contributed by atoms with Crippen molar-refractivity contribution in [2.24, 2.45) is 0 Å². The van der Waals surface area contributed by atoms with Gasteiger partial charge in [0.15, 0.2) is 5.78 Å². The highest BCUT2D eigenvalue weighted by Gasteiger charge is 2.11. The number of unbranched alkanes of at least 4 members (excludes halogenated alkanes) is 7. The largest absolute Gasteiger partial charge is 0.382 e. The maximum Gasteiger partial charge on any atom is 0.201 e. The third-order valence-electron chi connectivity index (χ3n) is 3.30. The second kappa shape index (κ2) is 9.54. The summed E-state index contributed by atoms with van der Waals surface area (Å²) in [5.74, 6) is -0.211. The van der Waals surface area contributed by atoms with E-state index in [-0.39, 0.29) is 11.6 Å². The van der Waals surface area contributed by atoms with Crippen LogP contribution in [-0.2, 0) is 9.59 Å². The number of carbonyl (C=O) groups is 2. The van der Waals surface area contributed by atoms with E-state index in [2.05, 4.69) is 12.2 Å². The minimum Gasteiger partial charge on any atom is -0.382 e. The lowest BCUT2D eigenvalue weighted by Gasteiger charge is -2.09. The summed E-state index contributed by atoms with van der Waals surface area (Å²) >= 11 is 0. The summed E-state index contributed by atoms with van der Waals surface area (Å²) in [5.41, 5.74) is 0.440. The Balaban J connectivity index is 1.99. The fourth-order valence-corrected chi connectivity index (χ4v) is 2.13. The Morgan fingerprint density at radius 1 is 0.895 bits per heavy atom. The van der Waals surface area contributed by atoms with Crippen LogP contribution in [0.25, 0.3) is 0 Å². The summed E-state index contributed by atoms with van der Waals surface area (Å²) in [7, 11) is 0. The maximum atomic E-state index is 11.4. The Morgan fingerprint density at radius 3 is 2.21 bits per heavy atom. The first-order chi connectivity index (χ1) is 9.24. The Bertz CT molecular complexity index is 356. The van der Waals surface area contributed by atoms with Crippen LogP contribution in [0.15, 0.2) is 23.9 Å². The van der Waals surface area contributed by atoms with E-state index in [1.54, 1.807) is 0 Å². The van der Waals surface area contributed by atoms with Gasteiger partial charge in [-0.15, -0.1) is 0 Å². The van der Waals surface area contributed by atoms with Crippen LogP contribution in [0, 0.1) is 0 Å². The molecule has 0 aromatic heterocycles. The van der Waals surface area contributed by atoms with Gasteiger partial charge in [0.25, 0.3) is 0 Å². The molecule has 3 heteroatoms. The first kappa shape index (κ1) is 15.7. The lowest BCUT2D eigenvalue weighted by Crippen LogP contribution is -2.23. The zero-order chi connectivity index (χ0) is 13.9. The van der Waals surface area contributed by atoms with Crippen LogP contribution in [0.4, 0.5) is 0 Å². The Morgan fingerprint density at radius 2 is 1.53 bits per heavy atom. The highest BCUT2D eigenvalue weighted by molar-refractivity contribution is 6.16. The lowest BCUT2D eigenvalue weighted by atomic mass is 10.1. The number of carbonyl (C=O) groups excluding carboxylic acids is 2. The first-order valence-corrected chi connectivity index (χ1v) is 7.46. The molecule has 0 aromatic carbocycles. The number of rotatable bonds is 10. The van der Waals surface area contributed by atoms with Crippen molar-refractivity contribution in [1.29, 1.82) is 0 Å². The zero-order valence-electron chi connectivity index (χ0n) is 11.9. The van der Waals surface area contributed by atoms with Gasteiger partial charge < -0.3 is 5.32 Å². The molecule has 1 N–H and O–H groups in total. The number of ketones is 2. The molecule has 1 aliphatic rings. The van der Waals surface area contributed by atoms with Crippen LogP contribution >= 0.6 is 0 Å². The van der Waals surface area contributed by atoms with Gasteiger partial charge >= 0.3 is 0 Å². The van der Waals surface area contributed by atoms with E-state index in [1.807, 2.05) is 0 Å². The maximum absolute atomic E-state index is 11.4.